The molecule has 1 aliphatic rings. The fourth-order valence-electron chi connectivity index (χ4n) is 1.35. The van der Waals surface area contributed by atoms with Crippen molar-refractivity contribution in [2.24, 2.45) is 0 Å². The highest BCUT2D eigenvalue weighted by atomic mass is 32.2. The maximum atomic E-state index is 12.1. The fourth-order valence-corrected chi connectivity index (χ4v) is 4.52. The molecule has 1 aliphatic carbocycles. The summed E-state index contributed by atoms with van der Waals surface area (Å²) in [5.74, 6) is -0.214. The van der Waals surface area contributed by atoms with E-state index >= 15 is 0 Å². The highest BCUT2D eigenvalue weighted by Gasteiger charge is 2.62. The van der Waals surface area contributed by atoms with Gasteiger partial charge in [0.2, 0.25) is 0 Å². The maximum Gasteiger partial charge on any atom is 0.268 e. The molecule has 1 fully saturated rings. The van der Waals surface area contributed by atoms with E-state index in [1.54, 1.807) is 20.8 Å². The van der Waals surface area contributed by atoms with Gasteiger partial charge in [-0.15, -0.1) is 0 Å². The van der Waals surface area contributed by atoms with E-state index in [1.807, 2.05) is 0 Å². The zero-order chi connectivity index (χ0) is 12.8. The van der Waals surface area contributed by atoms with E-state index in [9.17, 15) is 16.8 Å². The molecule has 0 radical (unpaired) electrons. The largest absolute Gasteiger partial charge is 0.268 e. The van der Waals surface area contributed by atoms with Gasteiger partial charge in [0.05, 0.1) is 10.5 Å². The van der Waals surface area contributed by atoms with Crippen molar-refractivity contribution in [1.82, 2.24) is 0 Å². The molecule has 0 saturated heterocycles. The normalized spacial score (nSPS) is 20.8. The molecule has 0 bridgehead atoms. The highest BCUT2D eigenvalue weighted by molar-refractivity contribution is 7.95. The van der Waals surface area contributed by atoms with E-state index in [4.69, 9.17) is 4.18 Å². The molecule has 0 unspecified atom stereocenters. The summed E-state index contributed by atoms with van der Waals surface area (Å²) in [5.41, 5.74) is 0. The van der Waals surface area contributed by atoms with Gasteiger partial charge in [-0.25, -0.2) is 12.6 Å². The molecule has 16 heavy (non-hydrogen) atoms. The lowest BCUT2D eigenvalue weighted by atomic mass is 10.3. The van der Waals surface area contributed by atoms with E-state index < -0.39 is 29.6 Å². The molecule has 5 nitrogen and oxygen atoms in total. The Kier molecular flexibility index (Phi) is 3.20. The van der Waals surface area contributed by atoms with Crippen LogP contribution in [-0.4, -0.2) is 32.3 Å². The first-order valence-corrected chi connectivity index (χ1v) is 8.21. The van der Waals surface area contributed by atoms with Gasteiger partial charge in [0, 0.05) is 0 Å². The van der Waals surface area contributed by atoms with Crippen LogP contribution in [0.5, 0.6) is 0 Å². The SMILES string of the molecule is CCS(=O)(=O)OC1(S(=O)(=O)C(C)(C)C)CC1. The van der Waals surface area contributed by atoms with Gasteiger partial charge in [0.25, 0.3) is 10.1 Å². The Labute approximate surface area is 97.2 Å². The van der Waals surface area contributed by atoms with Gasteiger partial charge in [-0.3, -0.25) is 0 Å². The molecule has 0 aromatic heterocycles. The van der Waals surface area contributed by atoms with Gasteiger partial charge in [0.15, 0.2) is 14.8 Å². The van der Waals surface area contributed by atoms with Crippen molar-refractivity contribution >= 4 is 20.0 Å². The van der Waals surface area contributed by atoms with Crippen LogP contribution in [0.4, 0.5) is 0 Å². The number of hydrogen-bond donors (Lipinski definition) is 0. The molecule has 0 heterocycles. The van der Waals surface area contributed by atoms with Gasteiger partial charge in [-0.05, 0) is 40.5 Å². The first-order chi connectivity index (χ1) is 6.97. The number of hydrogen-bond acceptors (Lipinski definition) is 5. The Morgan fingerprint density at radius 2 is 1.56 bits per heavy atom. The van der Waals surface area contributed by atoms with Crippen LogP contribution in [0.15, 0.2) is 0 Å². The minimum atomic E-state index is -3.74. The second-order valence-electron chi connectivity index (χ2n) is 4.96. The second-order valence-corrected chi connectivity index (χ2v) is 9.79. The third kappa shape index (κ3) is 2.26. The molecule has 0 aromatic rings. The van der Waals surface area contributed by atoms with Crippen LogP contribution < -0.4 is 0 Å². The summed E-state index contributed by atoms with van der Waals surface area (Å²) in [5, 5.41) is 0. The Morgan fingerprint density at radius 3 is 1.81 bits per heavy atom. The zero-order valence-corrected chi connectivity index (χ0v) is 11.6. The quantitative estimate of drug-likeness (QED) is 0.714. The number of sulfone groups is 1. The molecule has 0 spiro atoms. The summed E-state index contributed by atoms with van der Waals surface area (Å²) in [7, 11) is -7.35. The van der Waals surface area contributed by atoms with E-state index in [1.165, 1.54) is 6.92 Å². The highest BCUT2D eigenvalue weighted by Crippen LogP contribution is 2.50. The second kappa shape index (κ2) is 3.68. The Morgan fingerprint density at radius 1 is 1.12 bits per heavy atom. The van der Waals surface area contributed by atoms with E-state index in [0.29, 0.717) is 0 Å². The smallest absolute Gasteiger partial charge is 0.247 e. The minimum absolute atomic E-state index is 0.214. The first-order valence-electron chi connectivity index (χ1n) is 5.15. The zero-order valence-electron chi connectivity index (χ0n) is 9.98. The van der Waals surface area contributed by atoms with Crippen molar-refractivity contribution in [2.45, 2.75) is 50.2 Å². The van der Waals surface area contributed by atoms with Gasteiger partial charge < -0.3 is 0 Å². The molecule has 1 saturated carbocycles. The molecule has 0 aromatic carbocycles. The van der Waals surface area contributed by atoms with Gasteiger partial charge >= 0.3 is 0 Å². The van der Waals surface area contributed by atoms with E-state index in [2.05, 4.69) is 0 Å². The average Bonchev–Trinajstić information content (AvgIpc) is 2.83. The van der Waals surface area contributed by atoms with Crippen molar-refractivity contribution in [3.8, 4) is 0 Å². The lowest BCUT2D eigenvalue weighted by Crippen LogP contribution is -2.41. The minimum Gasteiger partial charge on any atom is -0.247 e. The molecule has 0 atom stereocenters. The van der Waals surface area contributed by atoms with Crippen molar-refractivity contribution in [2.75, 3.05) is 5.75 Å². The van der Waals surface area contributed by atoms with Gasteiger partial charge in [-0.2, -0.15) is 8.42 Å². The third-order valence-corrected chi connectivity index (χ3v) is 7.06. The third-order valence-electron chi connectivity index (χ3n) is 2.59. The predicted octanol–water partition coefficient (Wildman–Crippen LogP) is 1.06. The van der Waals surface area contributed by atoms with Crippen LogP contribution in [0.2, 0.25) is 0 Å². The molecule has 1 rings (SSSR count). The lowest BCUT2D eigenvalue weighted by Gasteiger charge is -2.26. The van der Waals surface area contributed by atoms with Crippen LogP contribution in [0.1, 0.15) is 40.5 Å². The Bertz CT molecular complexity index is 463. The van der Waals surface area contributed by atoms with Crippen molar-refractivity contribution in [3.63, 3.8) is 0 Å². The molecular weight excluding hydrogens is 252 g/mol. The molecule has 0 amide bonds. The summed E-state index contributed by atoms with van der Waals surface area (Å²) in [4.78, 5) is -1.50. The van der Waals surface area contributed by atoms with Crippen LogP contribution >= 0.6 is 0 Å². The number of rotatable bonds is 4. The lowest BCUT2D eigenvalue weighted by molar-refractivity contribution is 0.258. The topological polar surface area (TPSA) is 77.5 Å². The molecular formula is C9H18O5S2. The summed E-state index contributed by atoms with van der Waals surface area (Å²) in [6.45, 7) is 6.06. The van der Waals surface area contributed by atoms with Gasteiger partial charge in [-0.1, -0.05) is 0 Å². The van der Waals surface area contributed by atoms with E-state index in [-0.39, 0.29) is 18.6 Å². The fraction of sp³-hybridized carbons (Fsp3) is 1.00. The summed E-state index contributed by atoms with van der Waals surface area (Å²) >= 11 is 0. The maximum absolute atomic E-state index is 12.1. The molecule has 0 aliphatic heterocycles. The summed E-state index contributed by atoms with van der Waals surface area (Å²) in [6.07, 6.45) is 0.512. The van der Waals surface area contributed by atoms with Crippen molar-refractivity contribution < 1.29 is 21.0 Å². The van der Waals surface area contributed by atoms with Gasteiger partial charge in [0.1, 0.15) is 0 Å². The van der Waals surface area contributed by atoms with Crippen molar-refractivity contribution in [1.29, 1.82) is 0 Å². The predicted molar refractivity (Wildman–Crippen MR) is 61.2 cm³/mol. The van der Waals surface area contributed by atoms with Crippen LogP contribution in [-0.2, 0) is 24.1 Å². The summed E-state index contributed by atoms with van der Waals surface area (Å²) in [6, 6.07) is 0. The van der Waals surface area contributed by atoms with Crippen LogP contribution in [0.3, 0.4) is 0 Å². The Balaban J connectivity index is 3.07. The van der Waals surface area contributed by atoms with Crippen LogP contribution in [0.25, 0.3) is 0 Å². The van der Waals surface area contributed by atoms with Crippen molar-refractivity contribution in [3.05, 3.63) is 0 Å². The molecule has 7 heteroatoms. The average molecular weight is 270 g/mol. The standard InChI is InChI=1S/C9H18O5S2/c1-5-15(10,11)14-9(6-7-9)16(12,13)8(2,3)4/h5-7H2,1-4H3. The summed E-state index contributed by atoms with van der Waals surface area (Å²) < 4.78 is 50.8. The first kappa shape index (κ1) is 13.9. The van der Waals surface area contributed by atoms with E-state index in [0.717, 1.165) is 0 Å². The van der Waals surface area contributed by atoms with Crippen LogP contribution in [0, 0.1) is 0 Å². The monoisotopic (exact) mass is 270 g/mol. The Hall–Kier alpha value is -0.140. The molecule has 0 N–H and O–H groups in total. The molecule has 96 valence electrons.